The van der Waals surface area contributed by atoms with Crippen LogP contribution < -0.4 is 0 Å². The Balaban J connectivity index is 2.17. The first-order valence-corrected chi connectivity index (χ1v) is 6.46. The minimum atomic E-state index is -1.05. The normalized spacial score (nSPS) is 10.8. The number of carboxylic acids is 1. The molecule has 0 aliphatic heterocycles. The number of aromatic carboxylic acids is 1. The maximum atomic E-state index is 11.4. The van der Waals surface area contributed by atoms with Crippen LogP contribution >= 0.6 is 11.6 Å². The number of benzene rings is 2. The van der Waals surface area contributed by atoms with Gasteiger partial charge in [-0.15, -0.1) is 0 Å². The van der Waals surface area contributed by atoms with Gasteiger partial charge in [0.1, 0.15) is 0 Å². The van der Waals surface area contributed by atoms with E-state index in [1.54, 1.807) is 16.7 Å². The number of hydrogen-bond acceptors (Lipinski definition) is 2. The molecule has 0 radical (unpaired) electrons. The van der Waals surface area contributed by atoms with E-state index < -0.39 is 5.97 Å². The van der Waals surface area contributed by atoms with Crippen molar-refractivity contribution in [3.05, 3.63) is 64.9 Å². The van der Waals surface area contributed by atoms with Gasteiger partial charge in [0.25, 0.3) is 0 Å². The molecule has 100 valence electrons. The molecule has 1 aromatic heterocycles. The summed E-state index contributed by atoms with van der Waals surface area (Å²) >= 11 is 6.14. The van der Waals surface area contributed by atoms with Crippen LogP contribution in [0.3, 0.4) is 0 Å². The lowest BCUT2D eigenvalue weighted by Gasteiger charge is -2.08. The van der Waals surface area contributed by atoms with Crippen LogP contribution in [0.2, 0.25) is 5.02 Å². The minimum Gasteiger partial charge on any atom is -0.475 e. The van der Waals surface area contributed by atoms with Crippen LogP contribution in [0.4, 0.5) is 0 Å². The number of halogens is 1. The summed E-state index contributed by atoms with van der Waals surface area (Å²) in [4.78, 5) is 15.5. The summed E-state index contributed by atoms with van der Waals surface area (Å²) in [5.41, 5.74) is 2.31. The van der Waals surface area contributed by atoms with Crippen LogP contribution in [0, 0.1) is 0 Å². The number of carboxylic acid groups (broad SMARTS) is 1. The van der Waals surface area contributed by atoms with Gasteiger partial charge in [0.05, 0.1) is 17.6 Å². The van der Waals surface area contributed by atoms with E-state index in [1.807, 2.05) is 36.4 Å². The summed E-state index contributed by atoms with van der Waals surface area (Å²) in [7, 11) is 0. The van der Waals surface area contributed by atoms with Crippen molar-refractivity contribution in [1.29, 1.82) is 0 Å². The second-order valence-electron chi connectivity index (χ2n) is 4.41. The van der Waals surface area contributed by atoms with Crippen molar-refractivity contribution in [2.75, 3.05) is 0 Å². The summed E-state index contributed by atoms with van der Waals surface area (Å²) in [5.74, 6) is -1.03. The highest BCUT2D eigenvalue weighted by Gasteiger charge is 2.17. The predicted molar refractivity (Wildman–Crippen MR) is 77.2 cm³/mol. The first-order chi connectivity index (χ1) is 9.66. The molecule has 0 amide bonds. The number of fused-ring (bicyclic) bond motifs is 1. The van der Waals surface area contributed by atoms with Gasteiger partial charge in [-0.2, -0.15) is 0 Å². The van der Waals surface area contributed by atoms with Crippen molar-refractivity contribution in [1.82, 2.24) is 9.55 Å². The number of imidazole rings is 1. The molecular weight excluding hydrogens is 276 g/mol. The number of nitrogens with zero attached hydrogens (tertiary/aromatic N) is 2. The molecule has 0 saturated carbocycles. The molecule has 0 bridgehead atoms. The SMILES string of the molecule is O=C(O)c1nc2ccccc2n1Cc1ccccc1Cl. The number of hydrogen-bond donors (Lipinski definition) is 1. The summed E-state index contributed by atoms with van der Waals surface area (Å²) in [6.07, 6.45) is 0. The number of rotatable bonds is 3. The Morgan fingerprint density at radius 3 is 2.60 bits per heavy atom. The summed E-state index contributed by atoms with van der Waals surface area (Å²) < 4.78 is 1.67. The average Bonchev–Trinajstić information content (AvgIpc) is 2.81. The molecule has 0 atom stereocenters. The van der Waals surface area contributed by atoms with Gasteiger partial charge < -0.3 is 9.67 Å². The molecule has 4 nitrogen and oxygen atoms in total. The second kappa shape index (κ2) is 4.98. The van der Waals surface area contributed by atoms with Crippen molar-refractivity contribution in [3.63, 3.8) is 0 Å². The van der Waals surface area contributed by atoms with Crippen LogP contribution in [0.1, 0.15) is 16.2 Å². The number of carbonyl (C=O) groups is 1. The summed E-state index contributed by atoms with van der Waals surface area (Å²) in [6.45, 7) is 0.377. The third-order valence-corrected chi connectivity index (χ3v) is 3.50. The van der Waals surface area contributed by atoms with E-state index in [-0.39, 0.29) is 5.82 Å². The third kappa shape index (κ3) is 2.14. The molecule has 5 heteroatoms. The molecule has 0 saturated heterocycles. The van der Waals surface area contributed by atoms with Crippen LogP contribution in [-0.2, 0) is 6.54 Å². The van der Waals surface area contributed by atoms with Crippen molar-refractivity contribution in [2.45, 2.75) is 6.54 Å². The zero-order valence-electron chi connectivity index (χ0n) is 10.5. The van der Waals surface area contributed by atoms with E-state index in [4.69, 9.17) is 11.6 Å². The van der Waals surface area contributed by atoms with Gasteiger partial charge in [0, 0.05) is 5.02 Å². The largest absolute Gasteiger partial charge is 0.475 e. The van der Waals surface area contributed by atoms with Gasteiger partial charge in [0.2, 0.25) is 5.82 Å². The monoisotopic (exact) mass is 286 g/mol. The van der Waals surface area contributed by atoms with Gasteiger partial charge >= 0.3 is 5.97 Å². The lowest BCUT2D eigenvalue weighted by molar-refractivity contribution is 0.0679. The standard InChI is InChI=1S/C15H11ClN2O2/c16-11-6-2-1-5-10(11)9-18-13-8-4-3-7-12(13)17-14(18)15(19)20/h1-8H,9H2,(H,19,20). The van der Waals surface area contributed by atoms with E-state index in [0.29, 0.717) is 17.1 Å². The van der Waals surface area contributed by atoms with E-state index >= 15 is 0 Å². The zero-order chi connectivity index (χ0) is 14.1. The molecule has 1 N–H and O–H groups in total. The molecule has 3 aromatic rings. The molecular formula is C15H11ClN2O2. The fraction of sp³-hybridized carbons (Fsp3) is 0.0667. The van der Waals surface area contributed by atoms with Crippen LogP contribution in [0.15, 0.2) is 48.5 Å². The van der Waals surface area contributed by atoms with E-state index in [9.17, 15) is 9.90 Å². The van der Waals surface area contributed by atoms with Crippen molar-refractivity contribution in [2.24, 2.45) is 0 Å². The molecule has 2 aromatic carbocycles. The first-order valence-electron chi connectivity index (χ1n) is 6.09. The van der Waals surface area contributed by atoms with Crippen LogP contribution in [0.5, 0.6) is 0 Å². The van der Waals surface area contributed by atoms with E-state index in [0.717, 1.165) is 11.1 Å². The molecule has 0 spiro atoms. The highest BCUT2D eigenvalue weighted by Crippen LogP contribution is 2.21. The Morgan fingerprint density at radius 1 is 1.15 bits per heavy atom. The van der Waals surface area contributed by atoms with Crippen molar-refractivity contribution in [3.8, 4) is 0 Å². The Kier molecular flexibility index (Phi) is 3.16. The topological polar surface area (TPSA) is 55.1 Å². The van der Waals surface area contributed by atoms with Crippen molar-refractivity contribution < 1.29 is 9.90 Å². The molecule has 1 heterocycles. The van der Waals surface area contributed by atoms with Gasteiger partial charge in [-0.3, -0.25) is 0 Å². The zero-order valence-corrected chi connectivity index (χ0v) is 11.2. The van der Waals surface area contributed by atoms with E-state index in [2.05, 4.69) is 4.98 Å². The first kappa shape index (κ1) is 12.7. The lowest BCUT2D eigenvalue weighted by atomic mass is 10.2. The minimum absolute atomic E-state index is 0.0196. The van der Waals surface area contributed by atoms with Gasteiger partial charge in [-0.25, -0.2) is 9.78 Å². The Hall–Kier alpha value is -2.33. The highest BCUT2D eigenvalue weighted by molar-refractivity contribution is 6.31. The van der Waals surface area contributed by atoms with Crippen LogP contribution in [0.25, 0.3) is 11.0 Å². The van der Waals surface area contributed by atoms with Gasteiger partial charge in [-0.1, -0.05) is 41.9 Å². The molecule has 0 aliphatic carbocycles. The number of aromatic nitrogens is 2. The molecule has 0 aliphatic rings. The molecule has 3 rings (SSSR count). The Labute approximate surface area is 120 Å². The number of para-hydroxylation sites is 2. The summed E-state index contributed by atoms with van der Waals surface area (Å²) in [6, 6.07) is 14.7. The molecule has 0 fully saturated rings. The summed E-state index contributed by atoms with van der Waals surface area (Å²) in [5, 5.41) is 9.91. The maximum absolute atomic E-state index is 11.4. The third-order valence-electron chi connectivity index (χ3n) is 3.13. The maximum Gasteiger partial charge on any atom is 0.372 e. The second-order valence-corrected chi connectivity index (χ2v) is 4.81. The molecule has 20 heavy (non-hydrogen) atoms. The fourth-order valence-electron chi connectivity index (χ4n) is 2.20. The van der Waals surface area contributed by atoms with E-state index in [1.165, 1.54) is 0 Å². The smallest absolute Gasteiger partial charge is 0.372 e. The lowest BCUT2D eigenvalue weighted by Crippen LogP contribution is -2.10. The van der Waals surface area contributed by atoms with Gasteiger partial charge in [-0.05, 0) is 23.8 Å². The quantitative estimate of drug-likeness (QED) is 0.802. The van der Waals surface area contributed by atoms with Crippen molar-refractivity contribution >= 4 is 28.6 Å². The predicted octanol–water partition coefficient (Wildman–Crippen LogP) is 3.44. The molecule has 0 unspecified atom stereocenters. The Bertz CT molecular complexity index is 795. The average molecular weight is 287 g/mol. The fourth-order valence-corrected chi connectivity index (χ4v) is 2.39. The van der Waals surface area contributed by atoms with Crippen LogP contribution in [-0.4, -0.2) is 20.6 Å². The Morgan fingerprint density at radius 2 is 1.85 bits per heavy atom. The highest BCUT2D eigenvalue weighted by atomic mass is 35.5. The van der Waals surface area contributed by atoms with Gasteiger partial charge in [0.15, 0.2) is 0 Å².